The van der Waals surface area contributed by atoms with Gasteiger partial charge in [-0.1, -0.05) is 94.8 Å². The van der Waals surface area contributed by atoms with E-state index in [1.807, 2.05) is 84.9 Å². The first-order chi connectivity index (χ1) is 13.7. The van der Waals surface area contributed by atoms with Crippen molar-refractivity contribution in [3.63, 3.8) is 0 Å². The molecule has 146 valence electrons. The van der Waals surface area contributed by atoms with Crippen LogP contribution in [0, 0.1) is 0 Å². The highest BCUT2D eigenvalue weighted by molar-refractivity contribution is 9.10. The summed E-state index contributed by atoms with van der Waals surface area (Å²) >= 11 is 3.64. The van der Waals surface area contributed by atoms with Gasteiger partial charge >= 0.3 is 0 Å². The van der Waals surface area contributed by atoms with Gasteiger partial charge in [0, 0.05) is 22.6 Å². The standard InChI is InChI=1S/C24H25BrO3/c25-23-14-8-7-13-22(23)24(18-27,28-17-19-9-3-1-4-10-19)21(15-16-26)20-11-5-2-6-12-20/h1-14,21,26-27H,15-18H2. The smallest absolute Gasteiger partial charge is 0.124 e. The molecule has 0 aromatic heterocycles. The number of hydrogen-bond acceptors (Lipinski definition) is 3. The molecule has 0 spiro atoms. The lowest BCUT2D eigenvalue weighted by molar-refractivity contribution is -0.117. The number of aliphatic hydroxyl groups excluding tert-OH is 2. The number of rotatable bonds is 9. The molecule has 3 rings (SSSR count). The first-order valence-electron chi connectivity index (χ1n) is 9.41. The molecule has 0 heterocycles. The van der Waals surface area contributed by atoms with Gasteiger partial charge in [-0.2, -0.15) is 0 Å². The van der Waals surface area contributed by atoms with E-state index >= 15 is 0 Å². The Balaban J connectivity index is 2.09. The summed E-state index contributed by atoms with van der Waals surface area (Å²) in [4.78, 5) is 0. The molecule has 3 aromatic rings. The van der Waals surface area contributed by atoms with E-state index in [2.05, 4.69) is 15.9 Å². The molecule has 2 atom stereocenters. The molecule has 2 N–H and O–H groups in total. The predicted molar refractivity (Wildman–Crippen MR) is 115 cm³/mol. The molecule has 4 heteroatoms. The zero-order valence-corrected chi connectivity index (χ0v) is 17.3. The Bertz CT molecular complexity index is 854. The maximum absolute atomic E-state index is 10.7. The molecule has 0 aliphatic heterocycles. The van der Waals surface area contributed by atoms with Crippen molar-refractivity contribution in [1.29, 1.82) is 0 Å². The van der Waals surface area contributed by atoms with Crippen molar-refractivity contribution in [3.05, 3.63) is 106 Å². The lowest BCUT2D eigenvalue weighted by Gasteiger charge is -2.41. The molecule has 0 saturated carbocycles. The van der Waals surface area contributed by atoms with Gasteiger partial charge in [0.2, 0.25) is 0 Å². The normalized spacial score (nSPS) is 14.4. The van der Waals surface area contributed by atoms with Gasteiger partial charge in [-0.05, 0) is 23.6 Å². The highest BCUT2D eigenvalue weighted by Gasteiger charge is 2.43. The quantitative estimate of drug-likeness (QED) is 0.490. The average Bonchev–Trinajstić information content (AvgIpc) is 2.76. The highest BCUT2D eigenvalue weighted by atomic mass is 79.9. The highest BCUT2D eigenvalue weighted by Crippen LogP contribution is 2.45. The zero-order valence-electron chi connectivity index (χ0n) is 15.7. The van der Waals surface area contributed by atoms with Gasteiger partial charge in [0.1, 0.15) is 5.60 Å². The molecule has 0 bridgehead atoms. The van der Waals surface area contributed by atoms with Crippen LogP contribution in [0.1, 0.15) is 29.0 Å². The predicted octanol–water partition coefficient (Wildman–Crippen LogP) is 5.02. The van der Waals surface area contributed by atoms with Crippen LogP contribution in [-0.2, 0) is 16.9 Å². The summed E-state index contributed by atoms with van der Waals surface area (Å²) in [5.74, 6) is -0.217. The third-order valence-electron chi connectivity index (χ3n) is 5.09. The minimum Gasteiger partial charge on any atom is -0.396 e. The fraction of sp³-hybridized carbons (Fsp3) is 0.250. The third-order valence-corrected chi connectivity index (χ3v) is 5.78. The van der Waals surface area contributed by atoms with Crippen molar-refractivity contribution in [1.82, 2.24) is 0 Å². The second-order valence-corrected chi connectivity index (χ2v) is 7.63. The topological polar surface area (TPSA) is 49.7 Å². The fourth-order valence-electron chi connectivity index (χ4n) is 3.68. The van der Waals surface area contributed by atoms with Gasteiger partial charge in [0.15, 0.2) is 0 Å². The molecular formula is C24H25BrO3. The average molecular weight is 441 g/mol. The summed E-state index contributed by atoms with van der Waals surface area (Å²) in [7, 11) is 0. The molecular weight excluding hydrogens is 416 g/mol. The van der Waals surface area contributed by atoms with Gasteiger partial charge in [0.25, 0.3) is 0 Å². The molecule has 28 heavy (non-hydrogen) atoms. The first kappa shape index (κ1) is 20.7. The molecule has 0 fully saturated rings. The molecule has 3 nitrogen and oxygen atoms in total. The van der Waals surface area contributed by atoms with Crippen molar-refractivity contribution in [2.75, 3.05) is 13.2 Å². The molecule has 0 aliphatic rings. The van der Waals surface area contributed by atoms with Crippen molar-refractivity contribution in [2.45, 2.75) is 24.5 Å². The van der Waals surface area contributed by atoms with E-state index < -0.39 is 5.60 Å². The Labute approximate surface area is 174 Å². The molecule has 2 unspecified atom stereocenters. The van der Waals surface area contributed by atoms with E-state index in [-0.39, 0.29) is 19.1 Å². The van der Waals surface area contributed by atoms with Crippen LogP contribution in [0.15, 0.2) is 89.4 Å². The first-order valence-corrected chi connectivity index (χ1v) is 10.2. The molecule has 3 aromatic carbocycles. The Morgan fingerprint density at radius 2 is 1.43 bits per heavy atom. The minimum atomic E-state index is -1.000. The Morgan fingerprint density at radius 3 is 2.04 bits per heavy atom. The van der Waals surface area contributed by atoms with Gasteiger partial charge < -0.3 is 14.9 Å². The Hall–Kier alpha value is -1.98. The lowest BCUT2D eigenvalue weighted by Crippen LogP contribution is -2.41. The maximum Gasteiger partial charge on any atom is 0.124 e. The van der Waals surface area contributed by atoms with Crippen molar-refractivity contribution >= 4 is 15.9 Å². The van der Waals surface area contributed by atoms with E-state index in [4.69, 9.17) is 4.74 Å². The SMILES string of the molecule is OCCC(c1ccccc1)C(CO)(OCc1ccccc1)c1ccccc1Br. The number of aliphatic hydroxyl groups is 2. The lowest BCUT2D eigenvalue weighted by atomic mass is 9.75. The summed E-state index contributed by atoms with van der Waals surface area (Å²) in [5.41, 5.74) is 1.92. The van der Waals surface area contributed by atoms with E-state index in [0.717, 1.165) is 21.2 Å². The van der Waals surface area contributed by atoms with Crippen LogP contribution < -0.4 is 0 Å². The van der Waals surface area contributed by atoms with Crippen LogP contribution in [0.25, 0.3) is 0 Å². The fourth-order valence-corrected chi connectivity index (χ4v) is 4.30. The largest absolute Gasteiger partial charge is 0.396 e. The number of benzene rings is 3. The summed E-state index contributed by atoms with van der Waals surface area (Å²) in [6.07, 6.45) is 0.473. The van der Waals surface area contributed by atoms with Crippen LogP contribution in [0.3, 0.4) is 0 Å². The van der Waals surface area contributed by atoms with E-state index in [1.54, 1.807) is 0 Å². The Kier molecular flexibility index (Phi) is 7.40. The summed E-state index contributed by atoms with van der Waals surface area (Å²) in [6.45, 7) is 0.153. The van der Waals surface area contributed by atoms with E-state index in [0.29, 0.717) is 13.0 Å². The van der Waals surface area contributed by atoms with Gasteiger partial charge in [0.05, 0.1) is 13.2 Å². The second kappa shape index (κ2) is 9.99. The maximum atomic E-state index is 10.7. The minimum absolute atomic E-state index is 0.000457. The van der Waals surface area contributed by atoms with Crippen LogP contribution in [0.5, 0.6) is 0 Å². The van der Waals surface area contributed by atoms with Gasteiger partial charge in [-0.25, -0.2) is 0 Å². The van der Waals surface area contributed by atoms with Crippen LogP contribution >= 0.6 is 15.9 Å². The summed E-state index contributed by atoms with van der Waals surface area (Å²) in [5, 5.41) is 20.5. The van der Waals surface area contributed by atoms with Crippen molar-refractivity contribution in [3.8, 4) is 0 Å². The van der Waals surface area contributed by atoms with Gasteiger partial charge in [-0.3, -0.25) is 0 Å². The van der Waals surface area contributed by atoms with Crippen molar-refractivity contribution < 1.29 is 14.9 Å². The van der Waals surface area contributed by atoms with Gasteiger partial charge in [-0.15, -0.1) is 0 Å². The number of ether oxygens (including phenoxy) is 1. The number of hydrogen-bond donors (Lipinski definition) is 2. The Morgan fingerprint density at radius 1 is 0.821 bits per heavy atom. The van der Waals surface area contributed by atoms with Crippen molar-refractivity contribution in [2.24, 2.45) is 0 Å². The van der Waals surface area contributed by atoms with Crippen LogP contribution in [0.2, 0.25) is 0 Å². The molecule has 0 amide bonds. The molecule has 0 aliphatic carbocycles. The molecule has 0 saturated heterocycles. The van der Waals surface area contributed by atoms with Crippen LogP contribution in [0.4, 0.5) is 0 Å². The second-order valence-electron chi connectivity index (χ2n) is 6.78. The molecule has 0 radical (unpaired) electrons. The van der Waals surface area contributed by atoms with E-state index in [1.165, 1.54) is 0 Å². The number of halogens is 1. The zero-order chi connectivity index (χ0) is 19.8. The summed E-state index contributed by atoms with van der Waals surface area (Å²) < 4.78 is 7.38. The van der Waals surface area contributed by atoms with E-state index in [9.17, 15) is 10.2 Å². The summed E-state index contributed by atoms with van der Waals surface area (Å²) in [6, 6.07) is 27.7. The monoisotopic (exact) mass is 440 g/mol. The van der Waals surface area contributed by atoms with Crippen LogP contribution in [-0.4, -0.2) is 23.4 Å². The third kappa shape index (κ3) is 4.53.